The summed E-state index contributed by atoms with van der Waals surface area (Å²) in [5.74, 6) is 2.63. The van der Waals surface area contributed by atoms with Crippen molar-refractivity contribution in [3.8, 4) is 5.75 Å². The Hall–Kier alpha value is -2.14. The Bertz CT molecular complexity index is 700. The zero-order chi connectivity index (χ0) is 17.6. The molecule has 2 aromatic rings. The Morgan fingerprint density at radius 3 is 2.92 bits per heavy atom. The Labute approximate surface area is 155 Å². The van der Waals surface area contributed by atoms with E-state index in [4.69, 9.17) is 4.74 Å². The normalized spacial score (nSPS) is 19.9. The van der Waals surface area contributed by atoms with Crippen LogP contribution in [0.1, 0.15) is 30.4 Å². The smallest absolute Gasteiger partial charge is 0.129 e. The van der Waals surface area contributed by atoms with E-state index in [2.05, 4.69) is 38.4 Å². The molecule has 1 unspecified atom stereocenters. The van der Waals surface area contributed by atoms with Crippen LogP contribution in [-0.2, 0) is 12.8 Å². The van der Waals surface area contributed by atoms with Gasteiger partial charge in [-0.25, -0.2) is 9.97 Å². The third kappa shape index (κ3) is 4.52. The topological polar surface area (TPSA) is 50.3 Å². The highest BCUT2D eigenvalue weighted by molar-refractivity contribution is 5.37. The second kappa shape index (κ2) is 8.49. The van der Waals surface area contributed by atoms with E-state index in [9.17, 15) is 0 Å². The van der Waals surface area contributed by atoms with Crippen LogP contribution in [0.3, 0.4) is 0 Å². The molecular formula is C21H28N4O. The molecular weight excluding hydrogens is 324 g/mol. The van der Waals surface area contributed by atoms with E-state index in [0.717, 1.165) is 24.0 Å². The summed E-state index contributed by atoms with van der Waals surface area (Å²) in [6, 6.07) is 8.50. The number of ether oxygens (including phenoxy) is 1. The van der Waals surface area contributed by atoms with E-state index in [1.54, 1.807) is 12.5 Å². The number of hydrogen-bond acceptors (Lipinski definition) is 5. The molecule has 138 valence electrons. The molecule has 5 nitrogen and oxygen atoms in total. The first-order valence-corrected chi connectivity index (χ1v) is 9.84. The van der Waals surface area contributed by atoms with Crippen molar-refractivity contribution in [3.63, 3.8) is 0 Å². The number of rotatable bonds is 7. The van der Waals surface area contributed by atoms with E-state index in [-0.39, 0.29) is 0 Å². The fraction of sp³-hybridized carbons (Fsp3) is 0.524. The Morgan fingerprint density at radius 1 is 1.15 bits per heavy atom. The molecule has 0 spiro atoms. The van der Waals surface area contributed by atoms with Crippen molar-refractivity contribution < 1.29 is 4.74 Å². The second-order valence-electron chi connectivity index (χ2n) is 7.42. The number of benzene rings is 1. The monoisotopic (exact) mass is 352 g/mol. The maximum absolute atomic E-state index is 5.91. The summed E-state index contributed by atoms with van der Waals surface area (Å²) < 4.78 is 5.91. The molecule has 4 rings (SSSR count). The summed E-state index contributed by atoms with van der Waals surface area (Å²) in [5.41, 5.74) is 3.00. The van der Waals surface area contributed by atoms with Crippen LogP contribution in [-0.4, -0.2) is 47.7 Å². The number of anilines is 1. The van der Waals surface area contributed by atoms with Crippen LogP contribution in [0.5, 0.6) is 5.75 Å². The minimum atomic E-state index is 0.625. The van der Waals surface area contributed by atoms with Crippen LogP contribution < -0.4 is 10.1 Å². The summed E-state index contributed by atoms with van der Waals surface area (Å²) in [4.78, 5) is 10.7. The SMILES string of the molecule is c1cc(NCCOc2ccc3c(c2)CCC(CN2CCCC2)C3)ncn1. The van der Waals surface area contributed by atoms with Gasteiger partial charge in [-0.2, -0.15) is 0 Å². The van der Waals surface area contributed by atoms with Crippen molar-refractivity contribution in [1.82, 2.24) is 14.9 Å². The summed E-state index contributed by atoms with van der Waals surface area (Å²) >= 11 is 0. The Morgan fingerprint density at radius 2 is 2.08 bits per heavy atom. The third-order valence-corrected chi connectivity index (χ3v) is 5.48. The van der Waals surface area contributed by atoms with Crippen molar-refractivity contribution in [2.24, 2.45) is 5.92 Å². The van der Waals surface area contributed by atoms with Gasteiger partial charge in [0.05, 0.1) is 6.54 Å². The van der Waals surface area contributed by atoms with Crippen LogP contribution in [0.15, 0.2) is 36.8 Å². The van der Waals surface area contributed by atoms with Crippen LogP contribution >= 0.6 is 0 Å². The molecule has 0 bridgehead atoms. The van der Waals surface area contributed by atoms with Gasteiger partial charge in [-0.1, -0.05) is 6.07 Å². The maximum Gasteiger partial charge on any atom is 0.129 e. The number of aryl methyl sites for hydroxylation is 1. The molecule has 1 atom stereocenters. The number of likely N-dealkylation sites (tertiary alicyclic amines) is 1. The van der Waals surface area contributed by atoms with Crippen LogP contribution in [0, 0.1) is 5.92 Å². The summed E-state index contributed by atoms with van der Waals surface area (Å²) in [6.45, 7) is 5.25. The predicted octanol–water partition coefficient (Wildman–Crippen LogP) is 3.17. The molecule has 1 aliphatic heterocycles. The molecule has 1 aromatic heterocycles. The van der Waals surface area contributed by atoms with Crippen molar-refractivity contribution in [3.05, 3.63) is 47.9 Å². The minimum absolute atomic E-state index is 0.625. The summed E-state index contributed by atoms with van der Waals surface area (Å²) in [6.07, 6.45) is 9.76. The summed E-state index contributed by atoms with van der Waals surface area (Å²) in [7, 11) is 0. The zero-order valence-corrected chi connectivity index (χ0v) is 15.4. The van der Waals surface area contributed by atoms with Gasteiger partial charge in [0.15, 0.2) is 0 Å². The summed E-state index contributed by atoms with van der Waals surface area (Å²) in [5, 5.41) is 3.24. The number of hydrogen-bond donors (Lipinski definition) is 1. The first-order chi connectivity index (χ1) is 12.9. The molecule has 1 saturated heterocycles. The van der Waals surface area contributed by atoms with Crippen LogP contribution in [0.4, 0.5) is 5.82 Å². The molecule has 2 aliphatic rings. The zero-order valence-electron chi connectivity index (χ0n) is 15.4. The lowest BCUT2D eigenvalue weighted by Gasteiger charge is -2.28. The van der Waals surface area contributed by atoms with E-state index in [1.807, 2.05) is 6.07 Å². The van der Waals surface area contributed by atoms with Crippen LogP contribution in [0.25, 0.3) is 0 Å². The molecule has 5 heteroatoms. The standard InChI is InChI=1S/C21H28N4O/c1-2-11-25(10-1)15-17-3-4-19-14-20(6-5-18(19)13-17)26-12-9-23-21-7-8-22-16-24-21/h5-8,14,16-17H,1-4,9-13,15H2,(H,22,23,24). The first kappa shape index (κ1) is 17.3. The molecule has 0 radical (unpaired) electrons. The van der Waals surface area contributed by atoms with E-state index < -0.39 is 0 Å². The van der Waals surface area contributed by atoms with E-state index in [1.165, 1.54) is 62.9 Å². The quantitative estimate of drug-likeness (QED) is 0.776. The highest BCUT2D eigenvalue weighted by Gasteiger charge is 2.22. The minimum Gasteiger partial charge on any atom is -0.492 e. The number of nitrogens with one attached hydrogen (secondary N) is 1. The molecule has 0 amide bonds. The fourth-order valence-corrected chi connectivity index (χ4v) is 4.13. The van der Waals surface area contributed by atoms with Gasteiger partial charge in [0.25, 0.3) is 0 Å². The van der Waals surface area contributed by atoms with Gasteiger partial charge in [0.2, 0.25) is 0 Å². The molecule has 0 saturated carbocycles. The van der Waals surface area contributed by atoms with Crippen molar-refractivity contribution in [1.29, 1.82) is 0 Å². The average Bonchev–Trinajstić information content (AvgIpc) is 3.19. The van der Waals surface area contributed by atoms with Crippen molar-refractivity contribution in [2.75, 3.05) is 38.1 Å². The molecule has 2 heterocycles. The lowest BCUT2D eigenvalue weighted by atomic mass is 9.83. The van der Waals surface area contributed by atoms with E-state index >= 15 is 0 Å². The Kier molecular flexibility index (Phi) is 5.65. The third-order valence-electron chi connectivity index (χ3n) is 5.48. The number of aromatic nitrogens is 2. The van der Waals surface area contributed by atoms with Crippen molar-refractivity contribution in [2.45, 2.75) is 32.1 Å². The molecule has 1 aliphatic carbocycles. The highest BCUT2D eigenvalue weighted by atomic mass is 16.5. The molecule has 1 aromatic carbocycles. The largest absolute Gasteiger partial charge is 0.492 e. The molecule has 1 N–H and O–H groups in total. The molecule has 26 heavy (non-hydrogen) atoms. The van der Waals surface area contributed by atoms with Gasteiger partial charge in [0, 0.05) is 12.7 Å². The fourth-order valence-electron chi connectivity index (χ4n) is 4.13. The number of nitrogens with zero attached hydrogens (tertiary/aromatic N) is 3. The number of fused-ring (bicyclic) bond motifs is 1. The van der Waals surface area contributed by atoms with Gasteiger partial charge in [-0.3, -0.25) is 0 Å². The van der Waals surface area contributed by atoms with E-state index in [0.29, 0.717) is 6.61 Å². The second-order valence-corrected chi connectivity index (χ2v) is 7.42. The van der Waals surface area contributed by atoms with Crippen LogP contribution in [0.2, 0.25) is 0 Å². The molecule has 1 fully saturated rings. The van der Waals surface area contributed by atoms with Gasteiger partial charge >= 0.3 is 0 Å². The van der Waals surface area contributed by atoms with Gasteiger partial charge in [-0.05, 0) is 80.4 Å². The first-order valence-electron chi connectivity index (χ1n) is 9.84. The maximum atomic E-state index is 5.91. The van der Waals surface area contributed by atoms with Gasteiger partial charge in [-0.15, -0.1) is 0 Å². The highest BCUT2D eigenvalue weighted by Crippen LogP contribution is 2.29. The van der Waals surface area contributed by atoms with Crippen molar-refractivity contribution >= 4 is 5.82 Å². The lowest BCUT2D eigenvalue weighted by Crippen LogP contribution is -2.30. The predicted molar refractivity (Wildman–Crippen MR) is 104 cm³/mol. The van der Waals surface area contributed by atoms with Gasteiger partial charge in [0.1, 0.15) is 24.5 Å². The van der Waals surface area contributed by atoms with Gasteiger partial charge < -0.3 is 15.0 Å². The average molecular weight is 352 g/mol. The lowest BCUT2D eigenvalue weighted by molar-refractivity contribution is 0.261. The Balaban J connectivity index is 1.25.